The summed E-state index contributed by atoms with van der Waals surface area (Å²) in [6.45, 7) is -0.490. The van der Waals surface area contributed by atoms with E-state index in [9.17, 15) is 9.59 Å². The van der Waals surface area contributed by atoms with Crippen LogP contribution in [0.3, 0.4) is 0 Å². The van der Waals surface area contributed by atoms with Gasteiger partial charge in [0.25, 0.3) is 0 Å². The average Bonchev–Trinajstić information content (AvgIpc) is 2.59. The van der Waals surface area contributed by atoms with Crippen molar-refractivity contribution in [1.29, 1.82) is 0 Å². The van der Waals surface area contributed by atoms with Crippen LogP contribution in [0.2, 0.25) is 0 Å². The Kier molecular flexibility index (Phi) is 4.30. The predicted octanol–water partition coefficient (Wildman–Crippen LogP) is 1.74. The highest BCUT2D eigenvalue weighted by atomic mass is 16.5. The van der Waals surface area contributed by atoms with Crippen molar-refractivity contribution in [2.24, 2.45) is 5.11 Å². The second-order valence-corrected chi connectivity index (χ2v) is 4.57. The third kappa shape index (κ3) is 3.06. The van der Waals surface area contributed by atoms with Crippen LogP contribution in [-0.4, -0.2) is 36.7 Å². The second-order valence-electron chi connectivity index (χ2n) is 4.57. The number of ether oxygens (including phenoxy) is 1. The van der Waals surface area contributed by atoms with Gasteiger partial charge in [-0.25, -0.2) is 0 Å². The summed E-state index contributed by atoms with van der Waals surface area (Å²) in [5.41, 5.74) is 9.85. The van der Waals surface area contributed by atoms with Gasteiger partial charge in [-0.2, -0.15) is 0 Å². The Labute approximate surface area is 120 Å². The van der Waals surface area contributed by atoms with Crippen LogP contribution < -0.4 is 9.64 Å². The number of azide groups is 1. The molecule has 0 fully saturated rings. The molecule has 1 unspecified atom stereocenters. The van der Waals surface area contributed by atoms with Gasteiger partial charge in [0.05, 0.1) is 12.8 Å². The molecule has 0 aromatic heterocycles. The molecule has 1 aliphatic rings. The van der Waals surface area contributed by atoms with Crippen molar-refractivity contribution in [3.05, 3.63) is 34.2 Å². The number of carboxylic acid groups (broad SMARTS) is 1. The molecule has 0 bridgehead atoms. The third-order valence-corrected chi connectivity index (χ3v) is 3.31. The number of benzene rings is 1. The number of aryl methyl sites for hydroxylation is 1. The average molecular weight is 290 g/mol. The van der Waals surface area contributed by atoms with Gasteiger partial charge >= 0.3 is 5.97 Å². The summed E-state index contributed by atoms with van der Waals surface area (Å²) >= 11 is 0. The summed E-state index contributed by atoms with van der Waals surface area (Å²) < 4.78 is 5.12. The first kappa shape index (κ1) is 14.7. The van der Waals surface area contributed by atoms with Crippen LogP contribution in [0.1, 0.15) is 12.0 Å². The highest BCUT2D eigenvalue weighted by molar-refractivity contribution is 6.02. The van der Waals surface area contributed by atoms with Gasteiger partial charge in [0, 0.05) is 11.0 Å². The molecule has 21 heavy (non-hydrogen) atoms. The Balaban J connectivity index is 2.50. The Morgan fingerprint density at radius 3 is 3.00 bits per heavy atom. The summed E-state index contributed by atoms with van der Waals surface area (Å²) in [4.78, 5) is 27.2. The number of hydrogen-bond acceptors (Lipinski definition) is 4. The first-order valence-corrected chi connectivity index (χ1v) is 6.31. The van der Waals surface area contributed by atoms with Gasteiger partial charge in [-0.05, 0) is 30.0 Å². The minimum absolute atomic E-state index is 0.346. The van der Waals surface area contributed by atoms with Crippen molar-refractivity contribution in [1.82, 2.24) is 0 Å². The van der Waals surface area contributed by atoms with Gasteiger partial charge in [0.15, 0.2) is 0 Å². The number of carbonyl (C=O) groups is 2. The molecule has 1 amide bonds. The van der Waals surface area contributed by atoms with Crippen LogP contribution in [0, 0.1) is 0 Å². The standard InChI is InChI=1S/C13H14N4O4/c1-21-9-4-2-8-3-5-10(15-16-14)13(20)17(7-12(18)19)11(8)6-9/h2,4,6,10H,3,5,7H2,1H3,(H,18,19). The normalized spacial score (nSPS) is 17.5. The van der Waals surface area contributed by atoms with E-state index in [1.807, 2.05) is 0 Å². The number of carboxylic acids is 1. The molecule has 1 aliphatic heterocycles. The predicted molar refractivity (Wildman–Crippen MR) is 74.2 cm³/mol. The topological polar surface area (TPSA) is 116 Å². The number of aliphatic carboxylic acids is 1. The Hall–Kier alpha value is -2.73. The van der Waals surface area contributed by atoms with Gasteiger partial charge in [0.1, 0.15) is 18.3 Å². The molecule has 0 saturated carbocycles. The van der Waals surface area contributed by atoms with Crippen LogP contribution in [0.5, 0.6) is 5.75 Å². The molecule has 8 heteroatoms. The largest absolute Gasteiger partial charge is 0.497 e. The van der Waals surface area contributed by atoms with Gasteiger partial charge in [-0.15, -0.1) is 0 Å². The van der Waals surface area contributed by atoms with Gasteiger partial charge < -0.3 is 14.7 Å². The first-order valence-electron chi connectivity index (χ1n) is 6.31. The number of nitrogens with zero attached hydrogens (tertiary/aromatic N) is 4. The lowest BCUT2D eigenvalue weighted by molar-refractivity contribution is -0.136. The Morgan fingerprint density at radius 2 is 2.38 bits per heavy atom. The van der Waals surface area contributed by atoms with Gasteiger partial charge in [-0.3, -0.25) is 9.59 Å². The van der Waals surface area contributed by atoms with Crippen molar-refractivity contribution in [2.75, 3.05) is 18.6 Å². The number of methoxy groups -OCH3 is 1. The van der Waals surface area contributed by atoms with E-state index < -0.39 is 24.5 Å². The zero-order valence-electron chi connectivity index (χ0n) is 11.4. The highest BCUT2D eigenvalue weighted by Gasteiger charge is 2.31. The van der Waals surface area contributed by atoms with E-state index in [4.69, 9.17) is 15.4 Å². The van der Waals surface area contributed by atoms with Crippen molar-refractivity contribution in [2.45, 2.75) is 18.9 Å². The second kappa shape index (κ2) is 6.15. The fraction of sp³-hybridized carbons (Fsp3) is 0.385. The molecule has 0 saturated heterocycles. The zero-order valence-corrected chi connectivity index (χ0v) is 11.4. The molecule has 2 rings (SSSR count). The molecular formula is C13H14N4O4. The quantitative estimate of drug-likeness (QED) is 0.516. The van der Waals surface area contributed by atoms with Crippen LogP contribution in [-0.2, 0) is 16.0 Å². The van der Waals surface area contributed by atoms with E-state index in [0.717, 1.165) is 10.5 Å². The summed E-state index contributed by atoms with van der Waals surface area (Å²) in [5, 5.41) is 12.5. The summed E-state index contributed by atoms with van der Waals surface area (Å²) in [6, 6.07) is 4.26. The smallest absolute Gasteiger partial charge is 0.323 e. The monoisotopic (exact) mass is 290 g/mol. The summed E-state index contributed by atoms with van der Waals surface area (Å²) in [6.07, 6.45) is 0.864. The molecule has 1 aromatic carbocycles. The lowest BCUT2D eigenvalue weighted by Crippen LogP contribution is -2.40. The SMILES string of the molecule is COc1ccc2c(c1)N(CC(=O)O)C(=O)C(N=[N+]=[N-])CC2. The molecule has 1 atom stereocenters. The van der Waals surface area contributed by atoms with E-state index in [-0.39, 0.29) is 0 Å². The minimum Gasteiger partial charge on any atom is -0.497 e. The molecule has 1 aromatic rings. The van der Waals surface area contributed by atoms with E-state index in [1.54, 1.807) is 18.2 Å². The first-order chi connectivity index (χ1) is 10.1. The van der Waals surface area contributed by atoms with Crippen LogP contribution in [0.4, 0.5) is 5.69 Å². The number of carbonyl (C=O) groups excluding carboxylic acids is 1. The number of anilines is 1. The molecule has 0 spiro atoms. The number of hydrogen-bond donors (Lipinski definition) is 1. The summed E-state index contributed by atoms with van der Waals surface area (Å²) in [5.74, 6) is -1.12. The maximum absolute atomic E-state index is 12.4. The molecule has 0 radical (unpaired) electrons. The van der Waals surface area contributed by atoms with Crippen molar-refractivity contribution in [3.63, 3.8) is 0 Å². The van der Waals surface area contributed by atoms with Gasteiger partial charge in [0.2, 0.25) is 5.91 Å². The fourth-order valence-electron chi connectivity index (χ4n) is 2.32. The number of rotatable bonds is 4. The zero-order chi connectivity index (χ0) is 15.4. The maximum atomic E-state index is 12.4. The van der Waals surface area contributed by atoms with Crippen molar-refractivity contribution >= 4 is 17.6 Å². The van der Waals surface area contributed by atoms with E-state index in [0.29, 0.717) is 24.3 Å². The molecule has 1 heterocycles. The van der Waals surface area contributed by atoms with Crippen LogP contribution >= 0.6 is 0 Å². The molecule has 8 nitrogen and oxygen atoms in total. The molecule has 0 aliphatic carbocycles. The number of amides is 1. The Bertz CT molecular complexity index is 625. The van der Waals surface area contributed by atoms with Crippen LogP contribution in [0.25, 0.3) is 10.4 Å². The third-order valence-electron chi connectivity index (χ3n) is 3.31. The molecule has 1 N–H and O–H groups in total. The van der Waals surface area contributed by atoms with Crippen molar-refractivity contribution < 1.29 is 19.4 Å². The maximum Gasteiger partial charge on any atom is 0.323 e. The van der Waals surface area contributed by atoms with Gasteiger partial charge in [-0.1, -0.05) is 11.2 Å². The fourth-order valence-corrected chi connectivity index (χ4v) is 2.32. The number of fused-ring (bicyclic) bond motifs is 1. The van der Waals surface area contributed by atoms with E-state index >= 15 is 0 Å². The van der Waals surface area contributed by atoms with Crippen LogP contribution in [0.15, 0.2) is 23.3 Å². The van der Waals surface area contributed by atoms with Crippen molar-refractivity contribution in [3.8, 4) is 5.75 Å². The van der Waals surface area contributed by atoms with E-state index in [2.05, 4.69) is 10.0 Å². The lowest BCUT2D eigenvalue weighted by Gasteiger charge is -2.23. The lowest BCUT2D eigenvalue weighted by atomic mass is 10.1. The van der Waals surface area contributed by atoms with E-state index in [1.165, 1.54) is 7.11 Å². The Morgan fingerprint density at radius 1 is 1.62 bits per heavy atom. The molecular weight excluding hydrogens is 276 g/mol. The minimum atomic E-state index is -1.14. The highest BCUT2D eigenvalue weighted by Crippen LogP contribution is 2.31. The summed E-state index contributed by atoms with van der Waals surface area (Å²) in [7, 11) is 1.49. The molecule has 110 valence electrons.